The maximum absolute atomic E-state index is 10.9. The van der Waals surface area contributed by atoms with Gasteiger partial charge in [-0.15, -0.1) is 0 Å². The summed E-state index contributed by atoms with van der Waals surface area (Å²) in [5.41, 5.74) is 1.80. The highest BCUT2D eigenvalue weighted by molar-refractivity contribution is 5.35. The summed E-state index contributed by atoms with van der Waals surface area (Å²) in [6.45, 7) is 3.65. The number of aryl methyl sites for hydroxylation is 2. The number of nitrogens with zero attached hydrogens (tertiary/aromatic N) is 3. The van der Waals surface area contributed by atoms with E-state index in [1.165, 1.54) is 0 Å². The zero-order chi connectivity index (χ0) is 16.9. The Morgan fingerprint density at radius 1 is 0.750 bits per heavy atom. The molecular weight excluding hydrogens is 300 g/mol. The van der Waals surface area contributed by atoms with Gasteiger partial charge in [-0.25, -0.2) is 4.98 Å². The minimum absolute atomic E-state index is 0.366. The van der Waals surface area contributed by atoms with Crippen molar-refractivity contribution in [3.05, 3.63) is 83.4 Å². The third kappa shape index (κ3) is 3.75. The molecule has 0 radical (unpaired) electrons. The molecule has 0 amide bonds. The molecule has 2 atom stereocenters. The number of benzene rings is 2. The molecule has 5 nitrogen and oxygen atoms in total. The van der Waals surface area contributed by atoms with Gasteiger partial charge in [0.15, 0.2) is 0 Å². The molecule has 0 fully saturated rings. The van der Waals surface area contributed by atoms with Gasteiger partial charge in [0.25, 0.3) is 0 Å². The maximum Gasteiger partial charge on any atom is 0.226 e. The fourth-order valence-corrected chi connectivity index (χ4v) is 2.67. The number of hydrogen-bond acceptors (Lipinski definition) is 5. The SMILES string of the molecule is Cc1nc(C)nc(NC(c2ccccc2)[C@@H](O)c2ccccc2)n1. The molecule has 0 aliphatic heterocycles. The summed E-state index contributed by atoms with van der Waals surface area (Å²) in [5.74, 6) is 1.75. The van der Waals surface area contributed by atoms with Crippen molar-refractivity contribution in [2.45, 2.75) is 26.0 Å². The zero-order valence-corrected chi connectivity index (χ0v) is 13.7. The van der Waals surface area contributed by atoms with E-state index >= 15 is 0 Å². The van der Waals surface area contributed by atoms with E-state index in [-0.39, 0.29) is 6.04 Å². The van der Waals surface area contributed by atoms with Crippen molar-refractivity contribution < 1.29 is 5.11 Å². The summed E-state index contributed by atoms with van der Waals surface area (Å²) in [4.78, 5) is 12.9. The third-order valence-electron chi connectivity index (χ3n) is 3.76. The quantitative estimate of drug-likeness (QED) is 0.754. The Morgan fingerprint density at radius 3 is 1.79 bits per heavy atom. The highest BCUT2D eigenvalue weighted by Gasteiger charge is 2.23. The molecule has 0 aliphatic rings. The van der Waals surface area contributed by atoms with E-state index in [0.717, 1.165) is 11.1 Å². The molecule has 1 heterocycles. The first-order valence-electron chi connectivity index (χ1n) is 7.87. The van der Waals surface area contributed by atoms with Crippen LogP contribution in [0.3, 0.4) is 0 Å². The lowest BCUT2D eigenvalue weighted by molar-refractivity contribution is 0.154. The summed E-state index contributed by atoms with van der Waals surface area (Å²) in [6.07, 6.45) is -0.731. The summed E-state index contributed by atoms with van der Waals surface area (Å²) in [7, 11) is 0. The molecule has 0 bridgehead atoms. The Labute approximate surface area is 141 Å². The van der Waals surface area contributed by atoms with E-state index in [9.17, 15) is 5.11 Å². The number of aliphatic hydroxyl groups is 1. The highest BCUT2D eigenvalue weighted by atomic mass is 16.3. The van der Waals surface area contributed by atoms with Crippen LogP contribution in [0.15, 0.2) is 60.7 Å². The molecule has 5 heteroatoms. The molecule has 1 unspecified atom stereocenters. The van der Waals surface area contributed by atoms with E-state index in [0.29, 0.717) is 17.6 Å². The van der Waals surface area contributed by atoms with Gasteiger partial charge in [0, 0.05) is 0 Å². The van der Waals surface area contributed by atoms with E-state index in [4.69, 9.17) is 0 Å². The standard InChI is InChI=1S/C19H20N4O/c1-13-20-14(2)22-19(21-13)23-17(15-9-5-3-6-10-15)18(24)16-11-7-4-8-12-16/h3-12,17-18,24H,1-2H3,(H,20,21,22,23)/t17?,18-/m0/s1. The van der Waals surface area contributed by atoms with Crippen molar-refractivity contribution in [2.24, 2.45) is 0 Å². The third-order valence-corrected chi connectivity index (χ3v) is 3.76. The molecule has 3 rings (SSSR count). The van der Waals surface area contributed by atoms with Crippen LogP contribution in [0.5, 0.6) is 0 Å². The Kier molecular flexibility index (Phi) is 4.82. The van der Waals surface area contributed by atoms with E-state index in [2.05, 4.69) is 20.3 Å². The van der Waals surface area contributed by atoms with Gasteiger partial charge in [0.1, 0.15) is 17.8 Å². The Hall–Kier alpha value is -2.79. The van der Waals surface area contributed by atoms with Crippen LogP contribution in [0.25, 0.3) is 0 Å². The number of anilines is 1. The largest absolute Gasteiger partial charge is 0.386 e. The smallest absolute Gasteiger partial charge is 0.226 e. The van der Waals surface area contributed by atoms with Gasteiger partial charge in [-0.2, -0.15) is 9.97 Å². The van der Waals surface area contributed by atoms with Gasteiger partial charge >= 0.3 is 0 Å². The van der Waals surface area contributed by atoms with Gasteiger partial charge in [0.2, 0.25) is 5.95 Å². The van der Waals surface area contributed by atoms with Crippen LogP contribution in [-0.2, 0) is 0 Å². The van der Waals surface area contributed by atoms with Crippen LogP contribution in [0, 0.1) is 13.8 Å². The molecule has 3 aromatic rings. The van der Waals surface area contributed by atoms with E-state index < -0.39 is 6.10 Å². The molecule has 0 aliphatic carbocycles. The average Bonchev–Trinajstić information content (AvgIpc) is 2.60. The first-order valence-corrected chi connectivity index (χ1v) is 7.87. The summed E-state index contributed by atoms with van der Waals surface area (Å²) in [5, 5.41) is 14.2. The van der Waals surface area contributed by atoms with Crippen molar-refractivity contribution in [3.63, 3.8) is 0 Å². The summed E-state index contributed by atoms with van der Waals surface area (Å²) in [6, 6.07) is 19.0. The van der Waals surface area contributed by atoms with Gasteiger partial charge in [0.05, 0.1) is 6.04 Å². The lowest BCUT2D eigenvalue weighted by Gasteiger charge is -2.25. The molecule has 2 aromatic carbocycles. The fourth-order valence-electron chi connectivity index (χ4n) is 2.67. The normalized spacial score (nSPS) is 13.3. The number of aromatic nitrogens is 3. The van der Waals surface area contributed by atoms with Crippen molar-refractivity contribution in [1.82, 2.24) is 15.0 Å². The average molecular weight is 320 g/mol. The van der Waals surface area contributed by atoms with Gasteiger partial charge in [-0.05, 0) is 25.0 Å². The lowest BCUT2D eigenvalue weighted by atomic mass is 9.96. The monoisotopic (exact) mass is 320 g/mol. The molecule has 2 N–H and O–H groups in total. The second-order valence-electron chi connectivity index (χ2n) is 5.64. The van der Waals surface area contributed by atoms with E-state index in [1.807, 2.05) is 74.5 Å². The Balaban J connectivity index is 1.96. The lowest BCUT2D eigenvalue weighted by Crippen LogP contribution is -2.21. The van der Waals surface area contributed by atoms with Crippen LogP contribution in [0.4, 0.5) is 5.95 Å². The second-order valence-corrected chi connectivity index (χ2v) is 5.64. The van der Waals surface area contributed by atoms with Gasteiger partial charge in [-0.1, -0.05) is 60.7 Å². The zero-order valence-electron chi connectivity index (χ0n) is 13.7. The van der Waals surface area contributed by atoms with Crippen LogP contribution in [0.1, 0.15) is 34.9 Å². The first kappa shape index (κ1) is 16.1. The van der Waals surface area contributed by atoms with Crippen molar-refractivity contribution in [1.29, 1.82) is 0 Å². The summed E-state index contributed by atoms with van der Waals surface area (Å²) < 4.78 is 0. The molecule has 0 saturated heterocycles. The molecule has 0 spiro atoms. The van der Waals surface area contributed by atoms with Crippen LogP contribution in [-0.4, -0.2) is 20.1 Å². The molecule has 24 heavy (non-hydrogen) atoms. The predicted molar refractivity (Wildman–Crippen MR) is 93.5 cm³/mol. The highest BCUT2D eigenvalue weighted by Crippen LogP contribution is 2.31. The number of hydrogen-bond donors (Lipinski definition) is 2. The second kappa shape index (κ2) is 7.19. The van der Waals surface area contributed by atoms with Crippen molar-refractivity contribution in [2.75, 3.05) is 5.32 Å². The molecule has 1 aromatic heterocycles. The Morgan fingerprint density at radius 2 is 1.25 bits per heavy atom. The first-order chi connectivity index (χ1) is 11.6. The van der Waals surface area contributed by atoms with Crippen LogP contribution >= 0.6 is 0 Å². The van der Waals surface area contributed by atoms with Crippen LogP contribution < -0.4 is 5.32 Å². The minimum atomic E-state index is -0.731. The van der Waals surface area contributed by atoms with E-state index in [1.54, 1.807) is 0 Å². The Bertz CT molecular complexity index is 773. The summed E-state index contributed by atoms with van der Waals surface area (Å²) >= 11 is 0. The van der Waals surface area contributed by atoms with Crippen molar-refractivity contribution in [3.8, 4) is 0 Å². The predicted octanol–water partition coefficient (Wildman–Crippen LogP) is 3.38. The number of rotatable bonds is 5. The molecule has 122 valence electrons. The topological polar surface area (TPSA) is 70.9 Å². The minimum Gasteiger partial charge on any atom is -0.386 e. The van der Waals surface area contributed by atoms with Gasteiger partial charge < -0.3 is 10.4 Å². The maximum atomic E-state index is 10.9. The number of nitrogens with one attached hydrogen (secondary N) is 1. The van der Waals surface area contributed by atoms with Crippen molar-refractivity contribution >= 4 is 5.95 Å². The number of aliphatic hydroxyl groups excluding tert-OH is 1. The molecular formula is C19H20N4O. The fraction of sp³-hybridized carbons (Fsp3) is 0.211. The van der Waals surface area contributed by atoms with Gasteiger partial charge in [-0.3, -0.25) is 0 Å². The van der Waals surface area contributed by atoms with Crippen LogP contribution in [0.2, 0.25) is 0 Å². The molecule has 0 saturated carbocycles.